The van der Waals surface area contributed by atoms with Crippen molar-refractivity contribution in [2.45, 2.75) is 12.3 Å². The van der Waals surface area contributed by atoms with E-state index in [4.69, 9.17) is 0 Å². The molecule has 0 spiro atoms. The molecule has 0 aromatic carbocycles. The number of hydrogen-bond donors (Lipinski definition) is 2. The van der Waals surface area contributed by atoms with Gasteiger partial charge in [0.2, 0.25) is 0 Å². The van der Waals surface area contributed by atoms with Crippen LogP contribution in [0.4, 0.5) is 0 Å². The summed E-state index contributed by atoms with van der Waals surface area (Å²) in [7, 11) is 0. The van der Waals surface area contributed by atoms with Crippen LogP contribution < -0.4 is 10.6 Å². The van der Waals surface area contributed by atoms with Crippen LogP contribution in [0.1, 0.15) is 0 Å². The first kappa shape index (κ1) is 1.38. The van der Waals surface area contributed by atoms with Gasteiger partial charge in [0, 0.05) is 0 Å². The van der Waals surface area contributed by atoms with Crippen LogP contribution in [0.2, 0.25) is 0 Å². The Balaban J connectivity index is 2.48. The van der Waals surface area contributed by atoms with Crippen LogP contribution >= 0.6 is 0 Å². The van der Waals surface area contributed by atoms with Gasteiger partial charge in [-0.15, -0.1) is 0 Å². The predicted molar refractivity (Wildman–Crippen MR) is 13.8 cm³/mol. The summed E-state index contributed by atoms with van der Waals surface area (Å²) in [6.07, 6.45) is 1.50. The standard InChI is InChI=1S/C2H4N2/c3-1-2(3)4-1/h1-4H. The number of nitrogens with one attached hydrogen (secondary N) is 2. The molecule has 0 radical (unpaired) electrons. The van der Waals surface area contributed by atoms with Gasteiger partial charge in [-0.3, -0.25) is 10.6 Å². The van der Waals surface area contributed by atoms with E-state index in [1.165, 1.54) is 0 Å². The molecule has 0 aromatic heterocycles. The Morgan fingerprint density at radius 1 is 1.00 bits per heavy atom. The molecule has 0 atom stereocenters. The molecule has 2 heteroatoms. The Kier molecular flexibility index (Phi) is 0.0592. The normalized spacial score (nSPS) is 66.0. The van der Waals surface area contributed by atoms with Gasteiger partial charge >= 0.3 is 0 Å². The summed E-state index contributed by atoms with van der Waals surface area (Å²) in [5.41, 5.74) is 0. The maximum atomic E-state index is 3.08. The molecule has 2 rings (SSSR count). The largest absolute Gasteiger partial charge is 0.282 e. The van der Waals surface area contributed by atoms with E-state index >= 15 is 0 Å². The maximum absolute atomic E-state index is 3.08. The second-order valence-electron chi connectivity index (χ2n) is 1.29. The fourth-order valence-corrected chi connectivity index (χ4v) is 0.276. The molecule has 2 fully saturated rings. The minimum atomic E-state index is 0.750. The van der Waals surface area contributed by atoms with Crippen LogP contribution in [0.5, 0.6) is 0 Å². The molecule has 0 bridgehead atoms. The van der Waals surface area contributed by atoms with Crippen molar-refractivity contribution in [1.29, 1.82) is 0 Å². The van der Waals surface area contributed by atoms with Crippen LogP contribution in [0, 0.1) is 0 Å². The van der Waals surface area contributed by atoms with Crippen molar-refractivity contribution in [3.8, 4) is 0 Å². The van der Waals surface area contributed by atoms with Crippen molar-refractivity contribution < 1.29 is 0 Å². The third-order valence-electron chi connectivity index (χ3n) is 0.833. The van der Waals surface area contributed by atoms with Crippen molar-refractivity contribution in [2.24, 2.45) is 0 Å². The van der Waals surface area contributed by atoms with Crippen LogP contribution in [-0.4, -0.2) is 12.3 Å². The van der Waals surface area contributed by atoms with E-state index in [0.717, 1.165) is 12.3 Å². The smallest absolute Gasteiger partial charge is 0.0892 e. The van der Waals surface area contributed by atoms with Gasteiger partial charge < -0.3 is 0 Å². The van der Waals surface area contributed by atoms with Crippen LogP contribution in [0.3, 0.4) is 0 Å². The fraction of sp³-hybridized carbons (Fsp3) is 1.00. The van der Waals surface area contributed by atoms with E-state index in [9.17, 15) is 0 Å². The zero-order valence-electron chi connectivity index (χ0n) is 2.15. The van der Waals surface area contributed by atoms with Gasteiger partial charge in [-0.25, -0.2) is 0 Å². The molecule has 22 valence electrons. The maximum Gasteiger partial charge on any atom is 0.0892 e. The van der Waals surface area contributed by atoms with Gasteiger partial charge in [-0.2, -0.15) is 0 Å². The quantitative estimate of drug-likeness (QED) is 0.344. The summed E-state index contributed by atoms with van der Waals surface area (Å²) in [6, 6.07) is 0. The fourth-order valence-electron chi connectivity index (χ4n) is 0.276. The van der Waals surface area contributed by atoms with Crippen LogP contribution in [0.25, 0.3) is 0 Å². The first-order chi connectivity index (χ1) is 1.97. The molecule has 2 N–H and O–H groups in total. The van der Waals surface area contributed by atoms with Crippen molar-refractivity contribution in [3.05, 3.63) is 0 Å². The van der Waals surface area contributed by atoms with Crippen molar-refractivity contribution in [3.63, 3.8) is 0 Å². The third kappa shape index (κ3) is 0.0259. The predicted octanol–water partition coefficient (Wildman–Crippen LogP) is -1.16. The van der Waals surface area contributed by atoms with E-state index in [0.29, 0.717) is 0 Å². The molecule has 2 aliphatic heterocycles. The van der Waals surface area contributed by atoms with E-state index in [2.05, 4.69) is 10.6 Å². The second kappa shape index (κ2) is 0.172. The molecule has 2 saturated heterocycles. The lowest BCUT2D eigenvalue weighted by molar-refractivity contribution is 0.806. The van der Waals surface area contributed by atoms with Crippen molar-refractivity contribution in [1.82, 2.24) is 10.6 Å². The molecular weight excluding hydrogens is 52.0 g/mol. The Labute approximate surface area is 24.2 Å². The lowest BCUT2D eigenvalue weighted by atomic mass is 11.0. The lowest BCUT2D eigenvalue weighted by Crippen LogP contribution is -2.09. The van der Waals surface area contributed by atoms with Crippen LogP contribution in [0.15, 0.2) is 0 Å². The molecule has 2 nitrogen and oxygen atoms in total. The summed E-state index contributed by atoms with van der Waals surface area (Å²) < 4.78 is 0. The van der Waals surface area contributed by atoms with E-state index in [1.807, 2.05) is 0 Å². The van der Waals surface area contributed by atoms with Gasteiger partial charge in [0.25, 0.3) is 0 Å². The number of hydrogen-bond acceptors (Lipinski definition) is 2. The Hall–Kier alpha value is -0.0800. The lowest BCUT2D eigenvalue weighted by Gasteiger charge is -1.71. The first-order valence-electron chi connectivity index (χ1n) is 1.49. The summed E-state index contributed by atoms with van der Waals surface area (Å²) in [5.74, 6) is 0. The molecule has 0 saturated carbocycles. The van der Waals surface area contributed by atoms with Gasteiger partial charge in [0.1, 0.15) is 0 Å². The minimum absolute atomic E-state index is 0.750. The second-order valence-corrected chi connectivity index (χ2v) is 1.29. The Morgan fingerprint density at radius 3 is 1.25 bits per heavy atom. The van der Waals surface area contributed by atoms with Gasteiger partial charge in [0.05, 0.1) is 12.3 Å². The Morgan fingerprint density at radius 2 is 1.25 bits per heavy atom. The number of fused-ring (bicyclic) bond motifs is 1. The molecule has 0 aromatic rings. The van der Waals surface area contributed by atoms with Crippen molar-refractivity contribution in [2.75, 3.05) is 0 Å². The Bertz CT molecular complexity index is 40.0. The molecular formula is C2H4N2. The van der Waals surface area contributed by atoms with Gasteiger partial charge in [0.15, 0.2) is 0 Å². The van der Waals surface area contributed by atoms with E-state index in [-0.39, 0.29) is 0 Å². The summed E-state index contributed by atoms with van der Waals surface area (Å²) >= 11 is 0. The summed E-state index contributed by atoms with van der Waals surface area (Å²) in [6.45, 7) is 0. The highest BCUT2D eigenvalue weighted by Gasteiger charge is 2.52. The highest BCUT2D eigenvalue weighted by Crippen LogP contribution is 2.18. The summed E-state index contributed by atoms with van der Waals surface area (Å²) in [5, 5.41) is 6.17. The average Bonchev–Trinajstić information content (AvgIpc) is 1.36. The molecule has 0 amide bonds. The molecule has 4 heavy (non-hydrogen) atoms. The average molecular weight is 56.1 g/mol. The highest BCUT2D eigenvalue weighted by molar-refractivity contribution is 5.10. The number of rotatable bonds is 0. The van der Waals surface area contributed by atoms with Crippen LogP contribution in [-0.2, 0) is 0 Å². The van der Waals surface area contributed by atoms with Gasteiger partial charge in [-0.05, 0) is 0 Å². The molecule has 0 aliphatic carbocycles. The monoisotopic (exact) mass is 56.0 g/mol. The first-order valence-corrected chi connectivity index (χ1v) is 1.49. The molecule has 2 aliphatic rings. The zero-order chi connectivity index (χ0) is 2.57. The van der Waals surface area contributed by atoms with Gasteiger partial charge in [-0.1, -0.05) is 0 Å². The minimum Gasteiger partial charge on any atom is -0.282 e. The topological polar surface area (TPSA) is 43.9 Å². The highest BCUT2D eigenvalue weighted by atomic mass is 15.6. The SMILES string of the molecule is N1C2NC12. The van der Waals surface area contributed by atoms with E-state index < -0.39 is 0 Å². The summed E-state index contributed by atoms with van der Waals surface area (Å²) in [4.78, 5) is 0. The van der Waals surface area contributed by atoms with Crippen molar-refractivity contribution >= 4 is 0 Å². The molecule has 0 unspecified atom stereocenters. The van der Waals surface area contributed by atoms with E-state index in [1.54, 1.807) is 0 Å². The zero-order valence-corrected chi connectivity index (χ0v) is 2.15. The molecule has 2 heterocycles. The third-order valence-corrected chi connectivity index (χ3v) is 0.833.